The minimum atomic E-state index is -1.36. The van der Waals surface area contributed by atoms with Gasteiger partial charge in [0.05, 0.1) is 0 Å². The molecule has 0 unspecified atom stereocenters. The number of halogens is 2. The highest BCUT2D eigenvalue weighted by atomic mass is 19.1. The molecular formula is C26H22F2N2O4. The Hall–Kier alpha value is -4.20. The van der Waals surface area contributed by atoms with Crippen LogP contribution in [0, 0.1) is 11.6 Å². The van der Waals surface area contributed by atoms with Crippen LogP contribution in [-0.2, 0) is 17.8 Å². The number of aromatic nitrogens is 1. The number of ether oxygens (including phenoxy) is 1. The van der Waals surface area contributed by atoms with Gasteiger partial charge in [0.1, 0.15) is 11.4 Å². The highest BCUT2D eigenvalue weighted by Gasteiger charge is 2.20. The third-order valence-corrected chi connectivity index (χ3v) is 5.50. The van der Waals surface area contributed by atoms with Gasteiger partial charge in [-0.1, -0.05) is 36.4 Å². The molecule has 2 N–H and O–H groups in total. The van der Waals surface area contributed by atoms with Crippen molar-refractivity contribution < 1.29 is 28.2 Å². The van der Waals surface area contributed by atoms with Crippen LogP contribution in [0.5, 0.6) is 5.75 Å². The number of amides is 1. The van der Waals surface area contributed by atoms with Crippen LogP contribution in [0.1, 0.15) is 21.5 Å². The molecule has 0 saturated heterocycles. The number of rotatable bonds is 9. The van der Waals surface area contributed by atoms with Gasteiger partial charge in [0.25, 0.3) is 5.91 Å². The molecule has 0 spiro atoms. The van der Waals surface area contributed by atoms with E-state index in [4.69, 9.17) is 4.74 Å². The minimum absolute atomic E-state index is 0.188. The average molecular weight is 464 g/mol. The molecule has 0 aliphatic heterocycles. The number of nitrogens with zero attached hydrogens (tertiary/aromatic N) is 1. The molecule has 1 aromatic heterocycles. The largest absolute Gasteiger partial charge is 0.480 e. The van der Waals surface area contributed by atoms with Crippen LogP contribution in [0.4, 0.5) is 8.78 Å². The third-order valence-electron chi connectivity index (χ3n) is 5.50. The van der Waals surface area contributed by atoms with Crippen molar-refractivity contribution in [3.05, 3.63) is 101 Å². The lowest BCUT2D eigenvalue weighted by Crippen LogP contribution is -2.36. The zero-order valence-corrected chi connectivity index (χ0v) is 18.1. The van der Waals surface area contributed by atoms with Gasteiger partial charge in [-0.2, -0.15) is 0 Å². The monoisotopic (exact) mass is 464 g/mol. The molecule has 0 bridgehead atoms. The number of nitrogens with one attached hydrogen (secondary N) is 1. The second-order valence-electron chi connectivity index (χ2n) is 7.76. The smallest absolute Gasteiger partial charge is 0.339 e. The molecule has 0 fully saturated rings. The topological polar surface area (TPSA) is 82.6 Å². The Morgan fingerprint density at radius 2 is 1.74 bits per heavy atom. The van der Waals surface area contributed by atoms with Crippen molar-refractivity contribution in [3.8, 4) is 5.75 Å². The van der Waals surface area contributed by atoms with Gasteiger partial charge in [-0.3, -0.25) is 4.79 Å². The minimum Gasteiger partial charge on any atom is -0.480 e. The summed E-state index contributed by atoms with van der Waals surface area (Å²) in [4.78, 5) is 29.2. The number of carboxylic acid groups (broad SMARTS) is 1. The predicted molar refractivity (Wildman–Crippen MR) is 123 cm³/mol. The molecule has 4 aromatic rings. The van der Waals surface area contributed by atoms with Crippen molar-refractivity contribution in [1.82, 2.24) is 9.88 Å². The van der Waals surface area contributed by atoms with Crippen LogP contribution in [0.15, 0.2) is 72.9 Å². The number of para-hydroxylation sites is 2. The second-order valence-corrected chi connectivity index (χ2v) is 7.76. The molecular weight excluding hydrogens is 442 g/mol. The first-order valence-corrected chi connectivity index (χ1v) is 10.6. The number of H-pyrrole nitrogens is 1. The predicted octanol–water partition coefficient (Wildman–Crippen LogP) is 4.79. The first-order chi connectivity index (χ1) is 16.4. The van der Waals surface area contributed by atoms with E-state index in [1.54, 1.807) is 12.1 Å². The normalized spacial score (nSPS) is 10.9. The standard InChI is InChI=1S/C26H22F2N2O4/c27-19-10-8-17(9-11-19)15-30(13-12-18-14-29-23-7-2-1-4-20(18)23)24(31)16-34-25-21(26(32)33)5-3-6-22(25)28/h1-11,14,29H,12-13,15-16H2,(H,32,33). The van der Waals surface area contributed by atoms with E-state index in [9.17, 15) is 23.5 Å². The molecule has 0 atom stereocenters. The van der Waals surface area contributed by atoms with Gasteiger partial charge in [0.15, 0.2) is 18.2 Å². The fourth-order valence-corrected chi connectivity index (χ4v) is 3.75. The summed E-state index contributed by atoms with van der Waals surface area (Å²) in [5.41, 5.74) is 2.36. The first kappa shape index (κ1) is 23.0. The van der Waals surface area contributed by atoms with Crippen LogP contribution < -0.4 is 4.74 Å². The lowest BCUT2D eigenvalue weighted by atomic mass is 10.1. The molecule has 1 heterocycles. The fourth-order valence-electron chi connectivity index (χ4n) is 3.75. The van der Waals surface area contributed by atoms with Gasteiger partial charge >= 0.3 is 5.97 Å². The van der Waals surface area contributed by atoms with Crippen LogP contribution in [0.25, 0.3) is 10.9 Å². The zero-order valence-electron chi connectivity index (χ0n) is 18.1. The van der Waals surface area contributed by atoms with Crippen molar-refractivity contribution in [2.45, 2.75) is 13.0 Å². The summed E-state index contributed by atoms with van der Waals surface area (Å²) in [6.45, 7) is -0.0331. The molecule has 0 radical (unpaired) electrons. The molecule has 0 saturated carbocycles. The number of carbonyl (C=O) groups excluding carboxylic acids is 1. The number of carbonyl (C=O) groups is 2. The molecule has 174 valence electrons. The van der Waals surface area contributed by atoms with E-state index in [0.717, 1.165) is 22.5 Å². The van der Waals surface area contributed by atoms with Crippen LogP contribution in [-0.4, -0.2) is 40.0 Å². The number of benzene rings is 3. The molecule has 6 nitrogen and oxygen atoms in total. The highest BCUT2D eigenvalue weighted by Crippen LogP contribution is 2.23. The Kier molecular flexibility index (Phi) is 6.87. The number of hydrogen-bond donors (Lipinski definition) is 2. The first-order valence-electron chi connectivity index (χ1n) is 10.6. The molecule has 0 aliphatic rings. The number of fused-ring (bicyclic) bond motifs is 1. The number of hydrogen-bond acceptors (Lipinski definition) is 3. The van der Waals surface area contributed by atoms with Gasteiger partial charge in [-0.25, -0.2) is 13.6 Å². The molecule has 4 rings (SSSR count). The molecule has 3 aromatic carbocycles. The maximum Gasteiger partial charge on any atom is 0.339 e. The summed E-state index contributed by atoms with van der Waals surface area (Å²) in [7, 11) is 0. The van der Waals surface area contributed by atoms with E-state index in [1.807, 2.05) is 30.5 Å². The maximum atomic E-state index is 14.2. The Balaban J connectivity index is 1.52. The van der Waals surface area contributed by atoms with Gasteiger partial charge in [0, 0.05) is 30.2 Å². The van der Waals surface area contributed by atoms with Crippen LogP contribution in [0.3, 0.4) is 0 Å². The van der Waals surface area contributed by atoms with E-state index in [2.05, 4.69) is 4.98 Å². The Morgan fingerprint density at radius 3 is 2.50 bits per heavy atom. The number of aromatic carboxylic acids is 1. The van der Waals surface area contributed by atoms with E-state index >= 15 is 0 Å². The van der Waals surface area contributed by atoms with E-state index in [1.165, 1.54) is 29.2 Å². The molecule has 8 heteroatoms. The number of aromatic amines is 1. The SMILES string of the molecule is O=C(O)c1cccc(F)c1OCC(=O)N(CCc1c[nH]c2ccccc12)Cc1ccc(F)cc1. The number of carboxylic acids is 1. The summed E-state index contributed by atoms with van der Waals surface area (Å²) < 4.78 is 32.8. The van der Waals surface area contributed by atoms with Gasteiger partial charge in [-0.05, 0) is 47.9 Å². The quantitative estimate of drug-likeness (QED) is 0.373. The van der Waals surface area contributed by atoms with Gasteiger partial charge in [0.2, 0.25) is 0 Å². The maximum absolute atomic E-state index is 14.2. The summed E-state index contributed by atoms with van der Waals surface area (Å²) in [5, 5.41) is 10.3. The lowest BCUT2D eigenvalue weighted by Gasteiger charge is -2.23. The molecule has 34 heavy (non-hydrogen) atoms. The van der Waals surface area contributed by atoms with Crippen LogP contribution in [0.2, 0.25) is 0 Å². The Morgan fingerprint density at radius 1 is 0.971 bits per heavy atom. The Labute approximate surface area is 194 Å². The van der Waals surface area contributed by atoms with Crippen molar-refractivity contribution in [1.29, 1.82) is 0 Å². The van der Waals surface area contributed by atoms with Crippen molar-refractivity contribution in [2.24, 2.45) is 0 Å². The Bertz CT molecular complexity index is 1320. The third kappa shape index (κ3) is 5.23. The summed E-state index contributed by atoms with van der Waals surface area (Å²) in [6, 6.07) is 17.1. The summed E-state index contributed by atoms with van der Waals surface area (Å²) >= 11 is 0. The van der Waals surface area contributed by atoms with E-state index in [-0.39, 0.29) is 17.9 Å². The summed E-state index contributed by atoms with van der Waals surface area (Å²) in [6.07, 6.45) is 2.43. The van der Waals surface area contributed by atoms with E-state index < -0.39 is 30.1 Å². The highest BCUT2D eigenvalue weighted by molar-refractivity contribution is 5.91. The fraction of sp³-hybridized carbons (Fsp3) is 0.154. The molecule has 1 amide bonds. The molecule has 0 aliphatic carbocycles. The zero-order chi connectivity index (χ0) is 24.1. The lowest BCUT2D eigenvalue weighted by molar-refractivity contribution is -0.134. The van der Waals surface area contributed by atoms with E-state index in [0.29, 0.717) is 18.5 Å². The summed E-state index contributed by atoms with van der Waals surface area (Å²) in [5.74, 6) is -3.55. The average Bonchev–Trinajstić information content (AvgIpc) is 3.25. The van der Waals surface area contributed by atoms with Crippen molar-refractivity contribution >= 4 is 22.8 Å². The van der Waals surface area contributed by atoms with Gasteiger partial charge in [-0.15, -0.1) is 0 Å². The van der Waals surface area contributed by atoms with Crippen molar-refractivity contribution in [2.75, 3.05) is 13.2 Å². The van der Waals surface area contributed by atoms with Gasteiger partial charge < -0.3 is 19.7 Å². The van der Waals surface area contributed by atoms with Crippen molar-refractivity contribution in [3.63, 3.8) is 0 Å². The second kappa shape index (κ2) is 10.2. The van der Waals surface area contributed by atoms with Crippen LogP contribution >= 0.6 is 0 Å².